The van der Waals surface area contributed by atoms with Crippen molar-refractivity contribution in [1.29, 1.82) is 0 Å². The van der Waals surface area contributed by atoms with E-state index < -0.39 is 0 Å². The molecule has 0 radical (unpaired) electrons. The van der Waals surface area contributed by atoms with E-state index in [-0.39, 0.29) is 36.4 Å². The van der Waals surface area contributed by atoms with Crippen LogP contribution in [0, 0.1) is 0 Å². The Morgan fingerprint density at radius 3 is 2.53 bits per heavy atom. The summed E-state index contributed by atoms with van der Waals surface area (Å²) in [5.74, 6) is 0.377. The van der Waals surface area contributed by atoms with Gasteiger partial charge in [0.05, 0.1) is 12.6 Å². The average molecular weight is 474 g/mol. The third-order valence-electron chi connectivity index (χ3n) is 5.37. The van der Waals surface area contributed by atoms with Gasteiger partial charge < -0.3 is 10.1 Å². The standard InChI is InChI=1S/C27H27N3O3S/c1-2-7-20-11-13-21(14-12-20)26(24-10-6-19-34-24)28-27(32)23-15-16-25(31)30(29-23)17-18-33-22-8-4-3-5-9-22/h3-6,8-16,19,26H,2,7,17-18H2,1H3,(H,28,32). The highest BCUT2D eigenvalue weighted by atomic mass is 32.1. The minimum absolute atomic E-state index is 0.184. The van der Waals surface area contributed by atoms with E-state index in [0.29, 0.717) is 5.75 Å². The summed E-state index contributed by atoms with van der Waals surface area (Å²) in [6.45, 7) is 2.66. The van der Waals surface area contributed by atoms with Crippen molar-refractivity contribution in [2.45, 2.75) is 32.4 Å². The molecule has 0 aliphatic rings. The quantitative estimate of drug-likeness (QED) is 0.357. The highest BCUT2D eigenvalue weighted by molar-refractivity contribution is 7.10. The molecular weight excluding hydrogens is 446 g/mol. The maximum Gasteiger partial charge on any atom is 0.272 e. The van der Waals surface area contributed by atoms with Gasteiger partial charge in [-0.15, -0.1) is 11.3 Å². The predicted molar refractivity (Wildman–Crippen MR) is 134 cm³/mol. The minimum atomic E-state index is -0.339. The second kappa shape index (κ2) is 11.4. The van der Waals surface area contributed by atoms with Crippen LogP contribution in [0.15, 0.2) is 89.0 Å². The summed E-state index contributed by atoms with van der Waals surface area (Å²) in [6.07, 6.45) is 2.11. The molecule has 2 aromatic heterocycles. The molecule has 1 unspecified atom stereocenters. The molecule has 4 aromatic rings. The number of aromatic nitrogens is 2. The number of carbonyl (C=O) groups is 1. The van der Waals surface area contributed by atoms with Crippen molar-refractivity contribution < 1.29 is 9.53 Å². The minimum Gasteiger partial charge on any atom is -0.492 e. The van der Waals surface area contributed by atoms with Gasteiger partial charge in [0.25, 0.3) is 11.5 Å². The predicted octanol–water partition coefficient (Wildman–Crippen LogP) is 4.86. The first-order chi connectivity index (χ1) is 16.6. The lowest BCUT2D eigenvalue weighted by atomic mass is 10.0. The number of para-hydroxylation sites is 1. The molecule has 0 aliphatic carbocycles. The van der Waals surface area contributed by atoms with Crippen molar-refractivity contribution in [3.8, 4) is 5.75 Å². The number of hydrogen-bond acceptors (Lipinski definition) is 5. The Kier molecular flexibility index (Phi) is 7.88. The Labute approximate surface area is 202 Å². The van der Waals surface area contributed by atoms with E-state index in [9.17, 15) is 9.59 Å². The summed E-state index contributed by atoms with van der Waals surface area (Å²) in [5, 5.41) is 9.37. The van der Waals surface area contributed by atoms with Gasteiger partial charge in [-0.1, -0.05) is 61.9 Å². The van der Waals surface area contributed by atoms with Gasteiger partial charge in [0, 0.05) is 10.9 Å². The molecule has 0 saturated heterocycles. The third-order valence-corrected chi connectivity index (χ3v) is 6.31. The SMILES string of the molecule is CCCc1ccc(C(NC(=O)c2ccc(=O)n(CCOc3ccccc3)n2)c2cccs2)cc1. The number of thiophene rings is 1. The van der Waals surface area contributed by atoms with Crippen LogP contribution in [0.2, 0.25) is 0 Å². The van der Waals surface area contributed by atoms with Crippen LogP contribution in [0.4, 0.5) is 0 Å². The number of nitrogens with one attached hydrogen (secondary N) is 1. The third kappa shape index (κ3) is 5.99. The van der Waals surface area contributed by atoms with Crippen LogP contribution in [0.1, 0.15) is 45.9 Å². The van der Waals surface area contributed by atoms with E-state index >= 15 is 0 Å². The highest BCUT2D eigenvalue weighted by Crippen LogP contribution is 2.27. The van der Waals surface area contributed by atoms with Gasteiger partial charge >= 0.3 is 0 Å². The monoisotopic (exact) mass is 473 g/mol. The zero-order valence-electron chi connectivity index (χ0n) is 19.0. The number of nitrogens with zero attached hydrogens (tertiary/aromatic N) is 2. The molecule has 1 N–H and O–H groups in total. The van der Waals surface area contributed by atoms with Gasteiger partial charge in [-0.2, -0.15) is 5.10 Å². The Bertz CT molecular complexity index is 1250. The van der Waals surface area contributed by atoms with E-state index in [1.807, 2.05) is 47.8 Å². The van der Waals surface area contributed by atoms with Crippen molar-refractivity contribution in [2.24, 2.45) is 0 Å². The van der Waals surface area contributed by atoms with Gasteiger partial charge in [-0.05, 0) is 47.2 Å². The molecule has 0 bridgehead atoms. The molecule has 6 nitrogen and oxygen atoms in total. The van der Waals surface area contributed by atoms with Crippen molar-refractivity contribution >= 4 is 17.2 Å². The summed E-state index contributed by atoms with van der Waals surface area (Å²) < 4.78 is 6.93. The van der Waals surface area contributed by atoms with E-state index in [0.717, 1.165) is 23.3 Å². The van der Waals surface area contributed by atoms with Crippen LogP contribution in [0.3, 0.4) is 0 Å². The Morgan fingerprint density at radius 2 is 1.82 bits per heavy atom. The van der Waals surface area contributed by atoms with Crippen LogP contribution in [0.5, 0.6) is 5.75 Å². The van der Waals surface area contributed by atoms with Crippen molar-refractivity contribution in [3.05, 3.63) is 116 Å². The molecule has 1 amide bonds. The maximum absolute atomic E-state index is 13.1. The lowest BCUT2D eigenvalue weighted by molar-refractivity contribution is 0.0935. The fraction of sp³-hybridized carbons (Fsp3) is 0.222. The Hall–Kier alpha value is -3.71. The summed E-state index contributed by atoms with van der Waals surface area (Å²) in [4.78, 5) is 26.4. The maximum atomic E-state index is 13.1. The molecule has 4 rings (SSSR count). The summed E-state index contributed by atoms with van der Waals surface area (Å²) in [7, 11) is 0. The fourth-order valence-electron chi connectivity index (χ4n) is 3.64. The second-order valence-electron chi connectivity index (χ2n) is 7.85. The molecule has 2 aromatic carbocycles. The fourth-order valence-corrected chi connectivity index (χ4v) is 4.44. The largest absolute Gasteiger partial charge is 0.492 e. The van der Waals surface area contributed by atoms with Gasteiger partial charge in [0.1, 0.15) is 18.1 Å². The van der Waals surface area contributed by atoms with Gasteiger partial charge in [0.15, 0.2) is 0 Å². The first kappa shape index (κ1) is 23.4. The van der Waals surface area contributed by atoms with Crippen LogP contribution in [-0.4, -0.2) is 22.3 Å². The average Bonchev–Trinajstić information content (AvgIpc) is 3.40. The zero-order chi connectivity index (χ0) is 23.8. The molecule has 34 heavy (non-hydrogen) atoms. The highest BCUT2D eigenvalue weighted by Gasteiger charge is 2.20. The Balaban J connectivity index is 1.49. The first-order valence-corrected chi connectivity index (χ1v) is 12.2. The molecule has 0 fully saturated rings. The van der Waals surface area contributed by atoms with E-state index in [2.05, 4.69) is 41.6 Å². The number of hydrogen-bond donors (Lipinski definition) is 1. The molecular formula is C27H27N3O3S. The van der Waals surface area contributed by atoms with Crippen molar-refractivity contribution in [3.63, 3.8) is 0 Å². The topological polar surface area (TPSA) is 73.2 Å². The van der Waals surface area contributed by atoms with E-state index in [4.69, 9.17) is 4.74 Å². The van der Waals surface area contributed by atoms with Crippen LogP contribution in [0.25, 0.3) is 0 Å². The number of aryl methyl sites for hydroxylation is 1. The molecule has 174 valence electrons. The van der Waals surface area contributed by atoms with E-state index in [1.54, 1.807) is 11.3 Å². The summed E-state index contributed by atoms with van der Waals surface area (Å²) in [5.41, 5.74) is 2.17. The Morgan fingerprint density at radius 1 is 1.03 bits per heavy atom. The number of ether oxygens (including phenoxy) is 1. The van der Waals surface area contributed by atoms with Crippen LogP contribution < -0.4 is 15.6 Å². The molecule has 7 heteroatoms. The summed E-state index contributed by atoms with van der Waals surface area (Å²) in [6, 6.07) is 24.2. The normalized spacial score (nSPS) is 11.7. The summed E-state index contributed by atoms with van der Waals surface area (Å²) >= 11 is 1.59. The van der Waals surface area contributed by atoms with Gasteiger partial charge in [-0.3, -0.25) is 9.59 Å². The molecule has 1 atom stereocenters. The number of benzene rings is 2. The van der Waals surface area contributed by atoms with Crippen LogP contribution in [-0.2, 0) is 13.0 Å². The van der Waals surface area contributed by atoms with Gasteiger partial charge in [-0.25, -0.2) is 4.68 Å². The van der Waals surface area contributed by atoms with Crippen LogP contribution >= 0.6 is 11.3 Å². The molecule has 0 aliphatic heterocycles. The molecule has 2 heterocycles. The van der Waals surface area contributed by atoms with Crippen molar-refractivity contribution in [1.82, 2.24) is 15.1 Å². The molecule has 0 saturated carbocycles. The number of rotatable bonds is 10. The van der Waals surface area contributed by atoms with E-state index in [1.165, 1.54) is 22.4 Å². The second-order valence-corrected chi connectivity index (χ2v) is 8.83. The smallest absolute Gasteiger partial charge is 0.272 e. The number of carbonyl (C=O) groups excluding carboxylic acids is 1. The van der Waals surface area contributed by atoms with Crippen molar-refractivity contribution in [2.75, 3.05) is 6.61 Å². The zero-order valence-corrected chi connectivity index (χ0v) is 19.8. The number of amides is 1. The van der Waals surface area contributed by atoms with Gasteiger partial charge in [0.2, 0.25) is 0 Å². The lowest BCUT2D eigenvalue weighted by Crippen LogP contribution is -2.33. The lowest BCUT2D eigenvalue weighted by Gasteiger charge is -2.18. The molecule has 0 spiro atoms. The first-order valence-electron chi connectivity index (χ1n) is 11.3.